The van der Waals surface area contributed by atoms with Crippen LogP contribution in [0.1, 0.15) is 33.4 Å². The number of hydrogen-bond acceptors (Lipinski definition) is 7. The summed E-state index contributed by atoms with van der Waals surface area (Å²) >= 11 is 0. The molecule has 12 aromatic rings. The molecule has 0 spiro atoms. The number of anilines is 3. The van der Waals surface area contributed by atoms with E-state index in [0.717, 1.165) is 82.9 Å². The summed E-state index contributed by atoms with van der Waals surface area (Å²) in [6.45, 7) is 0. The molecular weight excluding hydrogens is 919 g/mol. The molecule has 0 N–H and O–H groups in total. The van der Waals surface area contributed by atoms with Crippen LogP contribution >= 0.6 is 0 Å². The maximum absolute atomic E-state index is 10.4. The van der Waals surface area contributed by atoms with Crippen molar-refractivity contribution in [2.24, 2.45) is 0 Å². The monoisotopic (exact) mass is 953 g/mol. The molecule has 12 rings (SSSR count). The Morgan fingerprint density at radius 2 is 0.573 bits per heavy atom. The van der Waals surface area contributed by atoms with Gasteiger partial charge in [-0.25, -0.2) is 0 Å². The van der Waals surface area contributed by atoms with Crippen LogP contribution in [0.2, 0.25) is 0 Å². The summed E-state index contributed by atoms with van der Waals surface area (Å²) in [6.07, 6.45) is 0. The molecule has 9 heteroatoms. The Labute approximate surface area is 431 Å². The number of fused-ring (bicyclic) bond motifs is 6. The fourth-order valence-electron chi connectivity index (χ4n) is 10.5. The molecular formula is C66H35N9. The van der Waals surface area contributed by atoms with Crippen molar-refractivity contribution in [3.05, 3.63) is 246 Å². The van der Waals surface area contributed by atoms with Crippen LogP contribution in [0.3, 0.4) is 0 Å². The van der Waals surface area contributed by atoms with Crippen LogP contribution in [0, 0.1) is 68.0 Å². The normalized spacial score (nSPS) is 10.9. The second-order valence-electron chi connectivity index (χ2n) is 18.0. The Morgan fingerprint density at radius 1 is 0.267 bits per heavy atom. The number of rotatable bonds is 8. The average molecular weight is 954 g/mol. The summed E-state index contributed by atoms with van der Waals surface area (Å²) in [5.74, 6) is 0. The number of hydrogen-bond donors (Lipinski definition) is 0. The fourth-order valence-corrected chi connectivity index (χ4v) is 10.5. The maximum Gasteiger partial charge on any atom is 0.101 e. The number of nitrogens with zero attached hydrogens (tertiary/aromatic N) is 9. The highest BCUT2D eigenvalue weighted by Crippen LogP contribution is 2.44. The van der Waals surface area contributed by atoms with E-state index in [2.05, 4.69) is 138 Å². The molecule has 0 saturated heterocycles. The number of aromatic nitrogens is 2. The SMILES string of the molecule is N#Cc1cc(C#N)c(-n2c3ccccc3c3cc(N(c4ccc(-c5ccc(-c6ccc(-c7ccccc7)cc6)cc5)cc4)c4ccc5c(c4)c4ccccc4n5-c4c(C#N)cc(C#N)cc4C#N)ccc32)c(C#N)c1. The summed E-state index contributed by atoms with van der Waals surface area (Å²) in [6, 6.07) is 83.4. The lowest BCUT2D eigenvalue weighted by atomic mass is 9.98. The molecule has 0 aliphatic heterocycles. The van der Waals surface area contributed by atoms with E-state index in [1.807, 2.05) is 100 Å². The summed E-state index contributed by atoms with van der Waals surface area (Å²) in [7, 11) is 0. The Kier molecular flexibility index (Phi) is 11.0. The predicted octanol–water partition coefficient (Wildman–Crippen LogP) is 15.6. The van der Waals surface area contributed by atoms with Gasteiger partial charge in [0.05, 0.1) is 79.0 Å². The number of para-hydroxylation sites is 2. The average Bonchev–Trinajstić information content (AvgIpc) is 3.98. The first-order chi connectivity index (χ1) is 36.9. The van der Waals surface area contributed by atoms with Crippen molar-refractivity contribution in [3.8, 4) is 81.2 Å². The van der Waals surface area contributed by atoms with Crippen LogP contribution in [0.5, 0.6) is 0 Å². The van der Waals surface area contributed by atoms with Crippen molar-refractivity contribution in [2.45, 2.75) is 0 Å². The van der Waals surface area contributed by atoms with E-state index in [0.29, 0.717) is 11.4 Å². The van der Waals surface area contributed by atoms with Gasteiger partial charge in [0.15, 0.2) is 0 Å². The third kappa shape index (κ3) is 7.52. The third-order valence-electron chi connectivity index (χ3n) is 13.9. The molecule has 0 saturated carbocycles. The van der Waals surface area contributed by atoms with Crippen molar-refractivity contribution in [1.82, 2.24) is 9.13 Å². The van der Waals surface area contributed by atoms with Gasteiger partial charge in [0, 0.05) is 38.6 Å². The molecule has 0 amide bonds. The Balaban J connectivity index is 1.02. The molecule has 0 unspecified atom stereocenters. The number of benzene rings is 10. The minimum absolute atomic E-state index is 0.212. The first-order valence-corrected chi connectivity index (χ1v) is 23.9. The lowest BCUT2D eigenvalue weighted by Gasteiger charge is -2.26. The van der Waals surface area contributed by atoms with Gasteiger partial charge in [-0.3, -0.25) is 0 Å². The standard InChI is InChI=1S/C66H35N9/c67-36-42-30-50(38-69)65(51(31-42)39-70)74-61-12-6-4-10-57(61)59-34-55(26-28-63(59)74)73(54-24-22-49(23-25-54)48-20-18-47(19-21-48)46-16-14-45(15-17-46)44-8-2-1-3-9-44)56-27-29-64-60(35-56)58-11-5-7-13-62(58)75(64)66-52(40-71)32-43(37-68)33-53(66)41-72/h1-35H. The van der Waals surface area contributed by atoms with E-state index < -0.39 is 0 Å². The molecule has 0 fully saturated rings. The van der Waals surface area contributed by atoms with Gasteiger partial charge in [-0.1, -0.05) is 127 Å². The highest BCUT2D eigenvalue weighted by atomic mass is 15.1. The van der Waals surface area contributed by atoms with Gasteiger partial charge in [0.2, 0.25) is 0 Å². The van der Waals surface area contributed by atoms with Gasteiger partial charge in [0.25, 0.3) is 0 Å². The molecule has 10 aromatic carbocycles. The minimum atomic E-state index is 0.212. The molecule has 2 aromatic heterocycles. The topological polar surface area (TPSA) is 156 Å². The van der Waals surface area contributed by atoms with Gasteiger partial charge in [-0.2, -0.15) is 31.6 Å². The smallest absolute Gasteiger partial charge is 0.101 e. The number of nitriles is 6. The fraction of sp³-hybridized carbons (Fsp3) is 0. The molecule has 0 radical (unpaired) electrons. The minimum Gasteiger partial charge on any atom is -0.310 e. The zero-order valence-electron chi connectivity index (χ0n) is 39.7. The van der Waals surface area contributed by atoms with E-state index >= 15 is 0 Å². The Hall–Kier alpha value is -11.5. The summed E-state index contributed by atoms with van der Waals surface area (Å²) in [5, 5.41) is 64.8. The quantitative estimate of drug-likeness (QED) is 0.147. The molecule has 0 aliphatic carbocycles. The van der Waals surface area contributed by atoms with Crippen LogP contribution in [-0.4, -0.2) is 9.13 Å². The van der Waals surface area contributed by atoms with Crippen molar-refractivity contribution < 1.29 is 0 Å². The van der Waals surface area contributed by atoms with Crippen molar-refractivity contribution in [1.29, 1.82) is 31.6 Å². The largest absolute Gasteiger partial charge is 0.310 e. The van der Waals surface area contributed by atoms with E-state index in [1.165, 1.54) is 35.4 Å². The molecule has 75 heavy (non-hydrogen) atoms. The second-order valence-corrected chi connectivity index (χ2v) is 18.0. The molecule has 344 valence electrons. The third-order valence-corrected chi connectivity index (χ3v) is 13.9. The molecule has 0 bridgehead atoms. The van der Waals surface area contributed by atoms with Crippen LogP contribution in [-0.2, 0) is 0 Å². The van der Waals surface area contributed by atoms with Crippen LogP contribution < -0.4 is 4.90 Å². The maximum atomic E-state index is 10.4. The first kappa shape index (κ1) is 44.7. The van der Waals surface area contributed by atoms with Crippen molar-refractivity contribution in [3.63, 3.8) is 0 Å². The van der Waals surface area contributed by atoms with Crippen molar-refractivity contribution in [2.75, 3.05) is 4.90 Å². The van der Waals surface area contributed by atoms with Crippen LogP contribution in [0.15, 0.2) is 212 Å². The van der Waals surface area contributed by atoms with Crippen molar-refractivity contribution >= 4 is 60.7 Å². The van der Waals surface area contributed by atoms with Gasteiger partial charge < -0.3 is 14.0 Å². The first-order valence-electron chi connectivity index (χ1n) is 23.9. The predicted molar refractivity (Wildman–Crippen MR) is 294 cm³/mol. The lowest BCUT2D eigenvalue weighted by molar-refractivity contribution is 1.15. The highest BCUT2D eigenvalue weighted by molar-refractivity contribution is 6.13. The summed E-state index contributed by atoms with van der Waals surface area (Å²) in [4.78, 5) is 2.19. The van der Waals surface area contributed by atoms with E-state index in [1.54, 1.807) is 0 Å². The van der Waals surface area contributed by atoms with E-state index in [4.69, 9.17) is 0 Å². The van der Waals surface area contributed by atoms with Crippen LogP contribution in [0.25, 0.3) is 88.4 Å². The Bertz CT molecular complexity index is 4300. The van der Waals surface area contributed by atoms with Gasteiger partial charge in [-0.15, -0.1) is 0 Å². The molecule has 9 nitrogen and oxygen atoms in total. The van der Waals surface area contributed by atoms with E-state index in [-0.39, 0.29) is 33.4 Å². The summed E-state index contributed by atoms with van der Waals surface area (Å²) in [5.41, 5.74) is 14.5. The second kappa shape index (κ2) is 18.4. The molecule has 0 atom stereocenters. The van der Waals surface area contributed by atoms with E-state index in [9.17, 15) is 31.6 Å². The highest BCUT2D eigenvalue weighted by Gasteiger charge is 2.24. The zero-order valence-corrected chi connectivity index (χ0v) is 39.7. The van der Waals surface area contributed by atoms with Crippen LogP contribution in [0.4, 0.5) is 17.1 Å². The molecule has 2 heterocycles. The zero-order chi connectivity index (χ0) is 51.2. The van der Waals surface area contributed by atoms with Gasteiger partial charge in [-0.05, 0) is 118 Å². The Morgan fingerprint density at radius 3 is 0.933 bits per heavy atom. The van der Waals surface area contributed by atoms with Gasteiger partial charge >= 0.3 is 0 Å². The summed E-state index contributed by atoms with van der Waals surface area (Å²) < 4.78 is 3.87. The van der Waals surface area contributed by atoms with Gasteiger partial charge in [0.1, 0.15) is 24.3 Å². The molecule has 0 aliphatic rings. The lowest BCUT2D eigenvalue weighted by Crippen LogP contribution is -2.10.